The Balaban J connectivity index is 2.45. The van der Waals surface area contributed by atoms with Crippen molar-refractivity contribution in [1.29, 1.82) is 0 Å². The number of hydrogen-bond acceptors (Lipinski definition) is 3. The average Bonchev–Trinajstić information content (AvgIpc) is 2.17. The predicted molar refractivity (Wildman–Crippen MR) is 69.9 cm³/mol. The summed E-state index contributed by atoms with van der Waals surface area (Å²) in [6.45, 7) is 4.52. The van der Waals surface area contributed by atoms with E-state index < -0.39 is 0 Å². The van der Waals surface area contributed by atoms with Gasteiger partial charge in [0.1, 0.15) is 5.75 Å². The lowest BCUT2D eigenvalue weighted by molar-refractivity contribution is 0.269. The first-order valence-corrected chi connectivity index (χ1v) is 5.74. The standard InChI is InChI=1S/C11H15ClN2OS/c1-11(2,10(13)16)3-4-15-9-5-8(12)6-14-7-9/h5-7H,3-4H2,1-2H3,(H2,13,16). The second kappa shape index (κ2) is 5.46. The zero-order chi connectivity index (χ0) is 12.2. The van der Waals surface area contributed by atoms with Crippen molar-refractivity contribution in [3.63, 3.8) is 0 Å². The molecule has 0 bridgehead atoms. The summed E-state index contributed by atoms with van der Waals surface area (Å²) in [7, 11) is 0. The Morgan fingerprint density at radius 1 is 1.56 bits per heavy atom. The Labute approximate surface area is 106 Å². The first-order valence-electron chi connectivity index (χ1n) is 4.95. The SMILES string of the molecule is CC(C)(CCOc1cncc(Cl)c1)C(N)=S. The van der Waals surface area contributed by atoms with E-state index in [-0.39, 0.29) is 5.41 Å². The van der Waals surface area contributed by atoms with Crippen molar-refractivity contribution < 1.29 is 4.74 Å². The molecule has 0 atom stereocenters. The third-order valence-corrected chi connectivity index (χ3v) is 3.10. The van der Waals surface area contributed by atoms with Crippen molar-refractivity contribution in [2.45, 2.75) is 20.3 Å². The number of halogens is 1. The predicted octanol–water partition coefficient (Wildman–Crippen LogP) is 2.82. The number of rotatable bonds is 5. The molecule has 3 nitrogen and oxygen atoms in total. The monoisotopic (exact) mass is 258 g/mol. The highest BCUT2D eigenvalue weighted by Gasteiger charge is 2.21. The van der Waals surface area contributed by atoms with Gasteiger partial charge in [0.05, 0.1) is 22.8 Å². The van der Waals surface area contributed by atoms with Gasteiger partial charge in [-0.15, -0.1) is 0 Å². The van der Waals surface area contributed by atoms with Crippen molar-refractivity contribution >= 4 is 28.8 Å². The summed E-state index contributed by atoms with van der Waals surface area (Å²) in [6.07, 6.45) is 3.95. The molecule has 0 spiro atoms. The van der Waals surface area contributed by atoms with E-state index in [9.17, 15) is 0 Å². The maximum Gasteiger partial charge on any atom is 0.139 e. The first kappa shape index (κ1) is 13.2. The van der Waals surface area contributed by atoms with Crippen molar-refractivity contribution in [3.8, 4) is 5.75 Å². The second-order valence-electron chi connectivity index (χ2n) is 4.19. The first-order chi connectivity index (χ1) is 7.42. The van der Waals surface area contributed by atoms with Gasteiger partial charge in [-0.05, 0) is 6.42 Å². The van der Waals surface area contributed by atoms with E-state index in [0.29, 0.717) is 22.4 Å². The molecule has 5 heteroatoms. The van der Waals surface area contributed by atoms with Gasteiger partial charge in [0.25, 0.3) is 0 Å². The lowest BCUT2D eigenvalue weighted by Crippen LogP contribution is -2.31. The highest BCUT2D eigenvalue weighted by atomic mass is 35.5. The molecule has 1 rings (SSSR count). The quantitative estimate of drug-likeness (QED) is 0.825. The molecule has 1 aromatic heterocycles. The average molecular weight is 259 g/mol. The highest BCUT2D eigenvalue weighted by Crippen LogP contribution is 2.22. The van der Waals surface area contributed by atoms with Crippen LogP contribution in [-0.2, 0) is 0 Å². The van der Waals surface area contributed by atoms with Crippen LogP contribution >= 0.6 is 23.8 Å². The summed E-state index contributed by atoms with van der Waals surface area (Å²) in [5.74, 6) is 0.659. The van der Waals surface area contributed by atoms with E-state index in [2.05, 4.69) is 4.98 Å². The van der Waals surface area contributed by atoms with Gasteiger partial charge in [-0.2, -0.15) is 0 Å². The molecule has 2 N–H and O–H groups in total. The Morgan fingerprint density at radius 2 is 2.25 bits per heavy atom. The lowest BCUT2D eigenvalue weighted by atomic mass is 9.90. The van der Waals surface area contributed by atoms with Crippen LogP contribution in [-0.4, -0.2) is 16.6 Å². The maximum absolute atomic E-state index is 5.78. The van der Waals surface area contributed by atoms with Gasteiger partial charge in [0.2, 0.25) is 0 Å². The Hall–Kier alpha value is -0.870. The summed E-state index contributed by atoms with van der Waals surface area (Å²) in [4.78, 5) is 4.43. The van der Waals surface area contributed by atoms with Crippen molar-refractivity contribution in [2.75, 3.05) is 6.61 Å². The zero-order valence-electron chi connectivity index (χ0n) is 9.37. The minimum atomic E-state index is -0.193. The number of hydrogen-bond donors (Lipinski definition) is 1. The third-order valence-electron chi connectivity index (χ3n) is 2.34. The minimum absolute atomic E-state index is 0.193. The van der Waals surface area contributed by atoms with E-state index in [4.69, 9.17) is 34.3 Å². The number of nitrogens with zero attached hydrogens (tertiary/aromatic N) is 1. The smallest absolute Gasteiger partial charge is 0.139 e. The second-order valence-corrected chi connectivity index (χ2v) is 5.06. The molecule has 88 valence electrons. The summed E-state index contributed by atoms with van der Waals surface area (Å²) in [6, 6.07) is 1.72. The van der Waals surface area contributed by atoms with Gasteiger partial charge < -0.3 is 10.5 Å². The van der Waals surface area contributed by atoms with E-state index in [1.807, 2.05) is 13.8 Å². The lowest BCUT2D eigenvalue weighted by Gasteiger charge is -2.22. The molecular formula is C11H15ClN2OS. The molecule has 0 fully saturated rings. The van der Waals surface area contributed by atoms with Gasteiger partial charge in [-0.25, -0.2) is 0 Å². The van der Waals surface area contributed by atoms with E-state index in [1.165, 1.54) is 0 Å². The Morgan fingerprint density at radius 3 is 2.81 bits per heavy atom. The molecule has 0 aliphatic carbocycles. The summed E-state index contributed by atoms with van der Waals surface area (Å²) in [5.41, 5.74) is 5.42. The largest absolute Gasteiger partial charge is 0.492 e. The number of pyridine rings is 1. The molecule has 0 saturated carbocycles. The van der Waals surface area contributed by atoms with Crippen LogP contribution in [0.2, 0.25) is 5.02 Å². The number of ether oxygens (including phenoxy) is 1. The fourth-order valence-electron chi connectivity index (χ4n) is 1.02. The molecule has 0 amide bonds. The molecule has 0 unspecified atom stereocenters. The van der Waals surface area contributed by atoms with Crippen LogP contribution in [0.15, 0.2) is 18.5 Å². The molecule has 0 aliphatic rings. The van der Waals surface area contributed by atoms with Crippen LogP contribution in [0.3, 0.4) is 0 Å². The van der Waals surface area contributed by atoms with E-state index >= 15 is 0 Å². The number of aromatic nitrogens is 1. The summed E-state index contributed by atoms with van der Waals surface area (Å²) < 4.78 is 5.51. The number of nitrogens with two attached hydrogens (primary N) is 1. The van der Waals surface area contributed by atoms with Gasteiger partial charge in [0, 0.05) is 17.7 Å². The van der Waals surface area contributed by atoms with E-state index in [0.717, 1.165) is 6.42 Å². The molecule has 16 heavy (non-hydrogen) atoms. The normalized spacial score (nSPS) is 11.2. The van der Waals surface area contributed by atoms with Crippen LogP contribution < -0.4 is 10.5 Å². The van der Waals surface area contributed by atoms with Crippen molar-refractivity contribution in [2.24, 2.45) is 11.1 Å². The molecule has 0 aliphatic heterocycles. The molecule has 1 heterocycles. The maximum atomic E-state index is 5.78. The molecular weight excluding hydrogens is 244 g/mol. The van der Waals surface area contributed by atoms with Crippen molar-refractivity contribution in [1.82, 2.24) is 4.98 Å². The topological polar surface area (TPSA) is 48.1 Å². The number of thiocarbonyl (C=S) groups is 1. The van der Waals surface area contributed by atoms with Gasteiger partial charge in [-0.3, -0.25) is 4.98 Å². The minimum Gasteiger partial charge on any atom is -0.492 e. The van der Waals surface area contributed by atoms with Crippen LogP contribution in [0, 0.1) is 5.41 Å². The van der Waals surface area contributed by atoms with Crippen LogP contribution in [0.4, 0.5) is 0 Å². The van der Waals surface area contributed by atoms with Crippen LogP contribution in [0.25, 0.3) is 0 Å². The van der Waals surface area contributed by atoms with Gasteiger partial charge in [-0.1, -0.05) is 37.7 Å². The Bertz CT molecular complexity index is 382. The fourth-order valence-corrected chi connectivity index (χ4v) is 1.28. The Kier molecular flexibility index (Phi) is 4.50. The fraction of sp³-hybridized carbons (Fsp3) is 0.455. The van der Waals surface area contributed by atoms with Gasteiger partial charge in [0.15, 0.2) is 0 Å². The molecule has 1 aromatic rings. The van der Waals surface area contributed by atoms with E-state index in [1.54, 1.807) is 18.5 Å². The summed E-state index contributed by atoms with van der Waals surface area (Å²) >= 11 is 10.8. The van der Waals surface area contributed by atoms with Gasteiger partial charge >= 0.3 is 0 Å². The van der Waals surface area contributed by atoms with Crippen LogP contribution in [0.1, 0.15) is 20.3 Å². The summed E-state index contributed by atoms with van der Waals surface area (Å²) in [5, 5.41) is 0.561. The zero-order valence-corrected chi connectivity index (χ0v) is 10.9. The third kappa shape index (κ3) is 3.94. The van der Waals surface area contributed by atoms with Crippen LogP contribution in [0.5, 0.6) is 5.75 Å². The molecule has 0 saturated heterocycles. The molecule has 0 radical (unpaired) electrons. The molecule has 0 aromatic carbocycles. The van der Waals surface area contributed by atoms with Crippen molar-refractivity contribution in [3.05, 3.63) is 23.5 Å². The highest BCUT2D eigenvalue weighted by molar-refractivity contribution is 7.80.